The first-order valence-electron chi connectivity index (χ1n) is 6.39. The molecule has 1 N–H and O–H groups in total. The Hall–Kier alpha value is -1.23. The Balaban J connectivity index is 1.98. The molecule has 0 bridgehead atoms. The molecule has 0 saturated carbocycles. The average molecular weight is 277 g/mol. The van der Waals surface area contributed by atoms with Gasteiger partial charge in [-0.2, -0.15) is 0 Å². The Morgan fingerprint density at radius 2 is 2.05 bits per heavy atom. The molecule has 3 nitrogen and oxygen atoms in total. The Bertz CT molecular complexity index is 498. The number of methoxy groups -OCH3 is 1. The topological polar surface area (TPSA) is 42.4 Å². The highest BCUT2D eigenvalue weighted by molar-refractivity contribution is 7.09. The first-order chi connectivity index (χ1) is 9.19. The lowest BCUT2D eigenvalue weighted by atomic mass is 10.1. The number of rotatable bonds is 6. The molecule has 1 heterocycles. The Labute approximate surface area is 117 Å². The normalized spacial score (nSPS) is 14.3. The lowest BCUT2D eigenvalue weighted by Crippen LogP contribution is -2.18. The predicted octanol–water partition coefficient (Wildman–Crippen LogP) is 3.14. The van der Waals surface area contributed by atoms with Crippen LogP contribution in [0.5, 0.6) is 0 Å². The van der Waals surface area contributed by atoms with Crippen LogP contribution in [-0.2, 0) is 11.2 Å². The number of aliphatic hydroxyl groups is 1. The van der Waals surface area contributed by atoms with Crippen molar-refractivity contribution < 1.29 is 9.84 Å². The van der Waals surface area contributed by atoms with Crippen LogP contribution in [0.25, 0.3) is 11.3 Å². The summed E-state index contributed by atoms with van der Waals surface area (Å²) in [4.78, 5) is 4.57. The van der Waals surface area contributed by atoms with Gasteiger partial charge in [-0.05, 0) is 13.3 Å². The largest absolute Gasteiger partial charge is 0.393 e. The van der Waals surface area contributed by atoms with E-state index < -0.39 is 6.10 Å². The van der Waals surface area contributed by atoms with Crippen LogP contribution < -0.4 is 0 Å². The number of ether oxygens (including phenoxy) is 1. The van der Waals surface area contributed by atoms with Gasteiger partial charge in [0.1, 0.15) is 0 Å². The molecule has 2 aromatic rings. The van der Waals surface area contributed by atoms with E-state index in [4.69, 9.17) is 4.74 Å². The third-order valence-corrected chi connectivity index (χ3v) is 3.91. The van der Waals surface area contributed by atoms with Crippen molar-refractivity contribution in [1.82, 2.24) is 4.98 Å². The molecule has 0 aliphatic rings. The van der Waals surface area contributed by atoms with Gasteiger partial charge in [0, 0.05) is 24.5 Å². The molecule has 1 aromatic carbocycles. The van der Waals surface area contributed by atoms with Gasteiger partial charge < -0.3 is 9.84 Å². The van der Waals surface area contributed by atoms with E-state index in [1.165, 1.54) is 0 Å². The molecule has 4 heteroatoms. The summed E-state index contributed by atoms with van der Waals surface area (Å²) in [7, 11) is 1.66. The minimum atomic E-state index is -0.398. The van der Waals surface area contributed by atoms with Crippen LogP contribution in [0.3, 0.4) is 0 Å². The monoisotopic (exact) mass is 277 g/mol. The van der Waals surface area contributed by atoms with Crippen LogP contribution in [0.4, 0.5) is 0 Å². The summed E-state index contributed by atoms with van der Waals surface area (Å²) >= 11 is 1.60. The molecule has 1 aromatic heterocycles. The van der Waals surface area contributed by atoms with Gasteiger partial charge in [-0.15, -0.1) is 11.3 Å². The Morgan fingerprint density at radius 3 is 2.74 bits per heavy atom. The summed E-state index contributed by atoms with van der Waals surface area (Å²) in [6.45, 7) is 1.96. The minimum Gasteiger partial charge on any atom is -0.393 e. The molecule has 2 unspecified atom stereocenters. The van der Waals surface area contributed by atoms with Crippen molar-refractivity contribution >= 4 is 11.3 Å². The molecule has 0 radical (unpaired) electrons. The number of benzene rings is 1. The summed E-state index contributed by atoms with van der Waals surface area (Å²) in [5, 5.41) is 13.0. The molecule has 0 fully saturated rings. The van der Waals surface area contributed by atoms with E-state index in [0.29, 0.717) is 12.8 Å². The number of hydrogen-bond acceptors (Lipinski definition) is 4. The fraction of sp³-hybridized carbons (Fsp3) is 0.400. The van der Waals surface area contributed by atoms with E-state index >= 15 is 0 Å². The lowest BCUT2D eigenvalue weighted by Gasteiger charge is -2.13. The standard InChI is InChI=1S/C15H19NO2S/c1-11(18-2)8-13(17)9-15-16-14(10-19-15)12-6-4-3-5-7-12/h3-7,10-11,13,17H,8-9H2,1-2H3. The average Bonchev–Trinajstić information content (AvgIpc) is 2.88. The maximum absolute atomic E-state index is 9.97. The fourth-order valence-corrected chi connectivity index (χ4v) is 2.79. The van der Waals surface area contributed by atoms with Gasteiger partial charge in [0.05, 0.1) is 22.9 Å². The van der Waals surface area contributed by atoms with E-state index in [0.717, 1.165) is 16.3 Å². The van der Waals surface area contributed by atoms with Gasteiger partial charge in [0.15, 0.2) is 0 Å². The van der Waals surface area contributed by atoms with E-state index in [2.05, 4.69) is 4.98 Å². The number of nitrogens with zero attached hydrogens (tertiary/aromatic N) is 1. The third-order valence-electron chi connectivity index (χ3n) is 3.04. The van der Waals surface area contributed by atoms with Gasteiger partial charge in [-0.1, -0.05) is 30.3 Å². The SMILES string of the molecule is COC(C)CC(O)Cc1nc(-c2ccccc2)cs1. The van der Waals surface area contributed by atoms with Crippen molar-refractivity contribution in [2.75, 3.05) is 7.11 Å². The summed E-state index contributed by atoms with van der Waals surface area (Å²) in [6, 6.07) is 10.1. The second-order valence-electron chi connectivity index (χ2n) is 4.63. The lowest BCUT2D eigenvalue weighted by molar-refractivity contribution is 0.0565. The highest BCUT2D eigenvalue weighted by atomic mass is 32.1. The summed E-state index contributed by atoms with van der Waals surface area (Å²) in [5.41, 5.74) is 2.09. The molecule has 19 heavy (non-hydrogen) atoms. The van der Waals surface area contributed by atoms with Crippen LogP contribution >= 0.6 is 11.3 Å². The van der Waals surface area contributed by atoms with Gasteiger partial charge in [0.2, 0.25) is 0 Å². The van der Waals surface area contributed by atoms with Crippen molar-refractivity contribution in [2.45, 2.75) is 32.0 Å². The zero-order chi connectivity index (χ0) is 13.7. The quantitative estimate of drug-likeness (QED) is 0.882. The van der Waals surface area contributed by atoms with Crippen LogP contribution in [0, 0.1) is 0 Å². The van der Waals surface area contributed by atoms with Gasteiger partial charge in [-0.25, -0.2) is 4.98 Å². The molecule has 0 saturated heterocycles. The minimum absolute atomic E-state index is 0.0727. The van der Waals surface area contributed by atoms with Crippen molar-refractivity contribution in [2.24, 2.45) is 0 Å². The number of aromatic nitrogens is 1. The molecule has 102 valence electrons. The smallest absolute Gasteiger partial charge is 0.0958 e. The van der Waals surface area contributed by atoms with Crippen LogP contribution in [-0.4, -0.2) is 29.4 Å². The second kappa shape index (κ2) is 6.80. The van der Waals surface area contributed by atoms with Gasteiger partial charge >= 0.3 is 0 Å². The summed E-state index contributed by atoms with van der Waals surface area (Å²) in [5.74, 6) is 0. The molecule has 2 rings (SSSR count). The number of hydrogen-bond donors (Lipinski definition) is 1. The molecule has 0 aliphatic heterocycles. The Morgan fingerprint density at radius 1 is 1.32 bits per heavy atom. The van der Waals surface area contributed by atoms with Crippen molar-refractivity contribution in [1.29, 1.82) is 0 Å². The maximum atomic E-state index is 9.97. The highest BCUT2D eigenvalue weighted by Crippen LogP contribution is 2.22. The van der Waals surface area contributed by atoms with Crippen LogP contribution in [0.2, 0.25) is 0 Å². The third kappa shape index (κ3) is 4.13. The molecule has 0 amide bonds. The molecule has 0 aliphatic carbocycles. The number of thiazole rings is 1. The molecule has 0 spiro atoms. The number of aliphatic hydroxyl groups excluding tert-OH is 1. The maximum Gasteiger partial charge on any atom is 0.0958 e. The zero-order valence-electron chi connectivity index (χ0n) is 11.2. The molecular formula is C15H19NO2S. The van der Waals surface area contributed by atoms with E-state index in [1.54, 1.807) is 18.4 Å². The van der Waals surface area contributed by atoms with Crippen molar-refractivity contribution in [3.63, 3.8) is 0 Å². The molecular weight excluding hydrogens is 258 g/mol. The fourth-order valence-electron chi connectivity index (χ4n) is 1.91. The Kier molecular flexibility index (Phi) is 5.07. The van der Waals surface area contributed by atoms with Crippen LogP contribution in [0.1, 0.15) is 18.4 Å². The second-order valence-corrected chi connectivity index (χ2v) is 5.58. The first-order valence-corrected chi connectivity index (χ1v) is 7.27. The van der Waals surface area contributed by atoms with Gasteiger partial charge in [-0.3, -0.25) is 0 Å². The van der Waals surface area contributed by atoms with E-state index in [-0.39, 0.29) is 6.10 Å². The highest BCUT2D eigenvalue weighted by Gasteiger charge is 2.13. The molecule has 2 atom stereocenters. The van der Waals surface area contributed by atoms with E-state index in [9.17, 15) is 5.11 Å². The summed E-state index contributed by atoms with van der Waals surface area (Å²) < 4.78 is 5.16. The van der Waals surface area contributed by atoms with Crippen molar-refractivity contribution in [3.8, 4) is 11.3 Å². The summed E-state index contributed by atoms with van der Waals surface area (Å²) in [6.07, 6.45) is 0.898. The van der Waals surface area contributed by atoms with Crippen LogP contribution in [0.15, 0.2) is 35.7 Å². The van der Waals surface area contributed by atoms with E-state index in [1.807, 2.05) is 42.6 Å². The van der Waals surface area contributed by atoms with Crippen molar-refractivity contribution in [3.05, 3.63) is 40.7 Å². The zero-order valence-corrected chi connectivity index (χ0v) is 12.1. The predicted molar refractivity (Wildman–Crippen MR) is 78.3 cm³/mol. The van der Waals surface area contributed by atoms with Gasteiger partial charge in [0.25, 0.3) is 0 Å². The first kappa shape index (κ1) is 14.2.